The maximum atomic E-state index is 13.0. The number of carbonyl (C=O) groups is 3. The first-order chi connectivity index (χ1) is 15.5. The van der Waals surface area contributed by atoms with Gasteiger partial charge in [-0.15, -0.1) is 0 Å². The molecule has 1 amide bonds. The van der Waals surface area contributed by atoms with Crippen molar-refractivity contribution in [2.24, 2.45) is 0 Å². The molecule has 0 radical (unpaired) electrons. The summed E-state index contributed by atoms with van der Waals surface area (Å²) in [6, 6.07) is 8.70. The van der Waals surface area contributed by atoms with Gasteiger partial charge in [0.15, 0.2) is 0 Å². The molecule has 0 aliphatic carbocycles. The molecule has 9 nitrogen and oxygen atoms in total. The minimum absolute atomic E-state index is 0.0170. The number of aromatic amines is 1. The lowest BCUT2D eigenvalue weighted by Gasteiger charge is -2.25. The van der Waals surface area contributed by atoms with E-state index in [1.807, 2.05) is 0 Å². The highest BCUT2D eigenvalue weighted by molar-refractivity contribution is 6.46. The summed E-state index contributed by atoms with van der Waals surface area (Å²) in [6.07, 6.45) is 6.61. The molecule has 1 atom stereocenters. The Hall–Kier alpha value is -4.27. The number of hydrogen-bond acceptors (Lipinski definition) is 7. The van der Waals surface area contributed by atoms with Crippen molar-refractivity contribution in [2.75, 3.05) is 13.7 Å². The third kappa shape index (κ3) is 3.87. The maximum absolute atomic E-state index is 13.0. The largest absolute Gasteiger partial charge is 0.507 e. The summed E-state index contributed by atoms with van der Waals surface area (Å²) >= 11 is 0. The lowest BCUT2D eigenvalue weighted by molar-refractivity contribution is -0.139. The van der Waals surface area contributed by atoms with E-state index in [2.05, 4.69) is 15.0 Å². The van der Waals surface area contributed by atoms with Crippen LogP contribution in [-0.4, -0.2) is 56.3 Å². The Kier molecular flexibility index (Phi) is 5.80. The summed E-state index contributed by atoms with van der Waals surface area (Å²) in [7, 11) is 1.29. The molecule has 0 spiro atoms. The number of ether oxygens (including phenoxy) is 1. The smallest absolute Gasteiger partial charge is 0.337 e. The summed E-state index contributed by atoms with van der Waals surface area (Å²) in [6.45, 7) is 0.226. The number of hydrogen-bond donors (Lipinski definition) is 2. The van der Waals surface area contributed by atoms with Crippen molar-refractivity contribution in [2.45, 2.75) is 12.5 Å². The van der Waals surface area contributed by atoms with Crippen LogP contribution in [0, 0.1) is 0 Å². The van der Waals surface area contributed by atoms with Gasteiger partial charge in [-0.1, -0.05) is 12.1 Å². The van der Waals surface area contributed by atoms with Crippen LogP contribution in [0.1, 0.15) is 33.2 Å². The van der Waals surface area contributed by atoms with Crippen molar-refractivity contribution in [3.05, 3.63) is 89.3 Å². The van der Waals surface area contributed by atoms with Crippen LogP contribution >= 0.6 is 0 Å². The molecule has 32 heavy (non-hydrogen) atoms. The Morgan fingerprint density at radius 3 is 2.44 bits per heavy atom. The van der Waals surface area contributed by atoms with E-state index in [0.29, 0.717) is 23.1 Å². The van der Waals surface area contributed by atoms with Crippen LogP contribution in [-0.2, 0) is 20.7 Å². The maximum Gasteiger partial charge on any atom is 0.337 e. The Morgan fingerprint density at radius 2 is 1.81 bits per heavy atom. The second kappa shape index (κ2) is 8.84. The topological polar surface area (TPSA) is 125 Å². The molecule has 3 aromatic rings. The Bertz CT molecular complexity index is 1170. The predicted molar refractivity (Wildman–Crippen MR) is 113 cm³/mol. The molecule has 0 bridgehead atoms. The monoisotopic (exact) mass is 432 g/mol. The average Bonchev–Trinajstić information content (AvgIpc) is 3.44. The number of aliphatic hydroxyl groups is 1. The van der Waals surface area contributed by atoms with Gasteiger partial charge >= 0.3 is 5.97 Å². The van der Waals surface area contributed by atoms with Crippen molar-refractivity contribution >= 4 is 23.4 Å². The quantitative estimate of drug-likeness (QED) is 0.265. The van der Waals surface area contributed by atoms with E-state index in [0.717, 1.165) is 5.69 Å². The number of carbonyl (C=O) groups excluding carboxylic acids is 3. The number of aromatic nitrogens is 3. The fourth-order valence-corrected chi connectivity index (χ4v) is 3.70. The van der Waals surface area contributed by atoms with E-state index in [1.165, 1.54) is 30.7 Å². The molecule has 4 rings (SSSR count). The number of ketones is 1. The molecule has 1 aromatic carbocycles. The summed E-state index contributed by atoms with van der Waals surface area (Å²) in [4.78, 5) is 50.0. The molecular formula is C23H20N4O5. The zero-order valence-electron chi connectivity index (χ0n) is 17.2. The van der Waals surface area contributed by atoms with Crippen LogP contribution in [0.25, 0.3) is 5.76 Å². The molecule has 1 aliphatic rings. The second-order valence-electron chi connectivity index (χ2n) is 7.17. The normalized spacial score (nSPS) is 17.5. The van der Waals surface area contributed by atoms with Gasteiger partial charge in [-0.2, -0.15) is 0 Å². The molecule has 162 valence electrons. The van der Waals surface area contributed by atoms with Crippen molar-refractivity contribution in [1.29, 1.82) is 0 Å². The summed E-state index contributed by atoms with van der Waals surface area (Å²) in [5, 5.41) is 11.0. The van der Waals surface area contributed by atoms with Crippen molar-refractivity contribution < 1.29 is 24.2 Å². The summed E-state index contributed by atoms with van der Waals surface area (Å²) < 4.78 is 4.73. The number of Topliss-reactive ketones (excluding diaryl/α,β-unsaturated/α-hetero) is 1. The molecule has 1 aliphatic heterocycles. The Balaban J connectivity index is 1.78. The van der Waals surface area contributed by atoms with Crippen molar-refractivity contribution in [1.82, 2.24) is 19.9 Å². The minimum atomic E-state index is -0.821. The van der Waals surface area contributed by atoms with Gasteiger partial charge in [0.05, 0.1) is 30.6 Å². The Morgan fingerprint density at radius 1 is 1.09 bits per heavy atom. The first kappa shape index (κ1) is 21.0. The van der Waals surface area contributed by atoms with Crippen LogP contribution in [0.15, 0.2) is 66.9 Å². The number of methoxy groups -OCH3 is 1. The lowest BCUT2D eigenvalue weighted by atomic mass is 9.95. The van der Waals surface area contributed by atoms with E-state index in [4.69, 9.17) is 4.74 Å². The SMILES string of the molecule is COC(=O)c1ccc(C2/C(=C(\O)c3ccncc3)C(=O)C(=O)N2CCc2cnc[nH]2)cc1. The van der Waals surface area contributed by atoms with Gasteiger partial charge in [0.1, 0.15) is 5.76 Å². The fraction of sp³-hybridized carbons (Fsp3) is 0.174. The van der Waals surface area contributed by atoms with E-state index in [9.17, 15) is 19.5 Å². The minimum Gasteiger partial charge on any atom is -0.507 e. The zero-order chi connectivity index (χ0) is 22.7. The number of pyridine rings is 1. The second-order valence-corrected chi connectivity index (χ2v) is 7.17. The van der Waals surface area contributed by atoms with Crippen LogP contribution in [0.4, 0.5) is 0 Å². The van der Waals surface area contributed by atoms with E-state index < -0.39 is 23.7 Å². The molecule has 1 unspecified atom stereocenters. The fourth-order valence-electron chi connectivity index (χ4n) is 3.70. The third-order valence-corrected chi connectivity index (χ3v) is 5.32. The van der Waals surface area contributed by atoms with E-state index in [1.54, 1.807) is 42.6 Å². The van der Waals surface area contributed by atoms with Crippen molar-refractivity contribution in [3.8, 4) is 0 Å². The first-order valence-corrected chi connectivity index (χ1v) is 9.85. The molecule has 9 heteroatoms. The number of aliphatic hydroxyl groups excluding tert-OH is 1. The van der Waals surface area contributed by atoms with Crippen LogP contribution in [0.5, 0.6) is 0 Å². The molecule has 0 saturated carbocycles. The number of esters is 1. The number of rotatable bonds is 6. The standard InChI is InChI=1S/C23H20N4O5/c1-32-23(31)16-4-2-14(3-5-16)19-18(20(28)15-6-9-24-10-7-15)21(29)22(30)27(19)11-8-17-12-25-13-26-17/h2-7,9-10,12-13,19,28H,8,11H2,1H3,(H,25,26)/b20-18+. The number of imidazole rings is 1. The lowest BCUT2D eigenvalue weighted by Crippen LogP contribution is -2.31. The summed E-state index contributed by atoms with van der Waals surface area (Å²) in [5.74, 6) is -2.26. The predicted octanol–water partition coefficient (Wildman–Crippen LogP) is 2.26. The van der Waals surface area contributed by atoms with E-state index >= 15 is 0 Å². The number of benzene rings is 1. The average molecular weight is 432 g/mol. The number of amides is 1. The van der Waals surface area contributed by atoms with Crippen LogP contribution in [0.3, 0.4) is 0 Å². The van der Waals surface area contributed by atoms with Crippen molar-refractivity contribution in [3.63, 3.8) is 0 Å². The highest BCUT2D eigenvalue weighted by Crippen LogP contribution is 2.39. The molecular weight excluding hydrogens is 412 g/mol. The van der Waals surface area contributed by atoms with Gasteiger partial charge in [0.25, 0.3) is 11.7 Å². The van der Waals surface area contributed by atoms with Crippen LogP contribution in [0.2, 0.25) is 0 Å². The molecule has 2 aromatic heterocycles. The van der Waals surface area contributed by atoms with Crippen LogP contribution < -0.4 is 0 Å². The molecule has 1 fully saturated rings. The van der Waals surface area contributed by atoms with Gasteiger partial charge < -0.3 is 19.7 Å². The zero-order valence-corrected chi connectivity index (χ0v) is 17.2. The first-order valence-electron chi connectivity index (χ1n) is 9.85. The van der Waals surface area contributed by atoms with Gasteiger partial charge in [0, 0.05) is 42.8 Å². The number of nitrogens with zero attached hydrogens (tertiary/aromatic N) is 3. The molecule has 1 saturated heterocycles. The highest BCUT2D eigenvalue weighted by atomic mass is 16.5. The number of nitrogens with one attached hydrogen (secondary N) is 1. The molecule has 2 N–H and O–H groups in total. The molecule has 3 heterocycles. The van der Waals surface area contributed by atoms with E-state index in [-0.39, 0.29) is 17.9 Å². The highest BCUT2D eigenvalue weighted by Gasteiger charge is 2.45. The Labute approximate surface area is 183 Å². The van der Waals surface area contributed by atoms with Gasteiger partial charge in [-0.05, 0) is 29.8 Å². The van der Waals surface area contributed by atoms with Gasteiger partial charge in [-0.25, -0.2) is 9.78 Å². The number of likely N-dealkylation sites (tertiary alicyclic amines) is 1. The van der Waals surface area contributed by atoms with Gasteiger partial charge in [-0.3, -0.25) is 14.6 Å². The number of H-pyrrole nitrogens is 1. The van der Waals surface area contributed by atoms with Gasteiger partial charge in [0.2, 0.25) is 0 Å². The summed E-state index contributed by atoms with van der Waals surface area (Å²) in [5.41, 5.74) is 2.08. The third-order valence-electron chi connectivity index (χ3n) is 5.32.